The fourth-order valence-corrected chi connectivity index (χ4v) is 3.29. The maximum atomic E-state index is 12.4. The average molecular weight is 345 g/mol. The number of H-pyrrole nitrogens is 1. The zero-order valence-corrected chi connectivity index (χ0v) is 13.9. The number of benzene rings is 1. The SMILES string of the molecule is COc1ccccc1NC(=O)Cn1c(=O)[nH]c2sc(C)cc2c1=O. The Balaban J connectivity index is 1.91. The van der Waals surface area contributed by atoms with Crippen molar-refractivity contribution in [3.8, 4) is 5.75 Å². The van der Waals surface area contributed by atoms with Gasteiger partial charge in [-0.05, 0) is 25.1 Å². The van der Waals surface area contributed by atoms with Crippen molar-refractivity contribution in [2.24, 2.45) is 0 Å². The summed E-state index contributed by atoms with van der Waals surface area (Å²) < 4.78 is 6.04. The first-order chi connectivity index (χ1) is 11.5. The third-order valence-electron chi connectivity index (χ3n) is 3.48. The molecule has 7 nitrogen and oxygen atoms in total. The maximum Gasteiger partial charge on any atom is 0.329 e. The molecule has 0 fully saturated rings. The summed E-state index contributed by atoms with van der Waals surface area (Å²) >= 11 is 1.33. The van der Waals surface area contributed by atoms with Crippen molar-refractivity contribution in [1.29, 1.82) is 0 Å². The highest BCUT2D eigenvalue weighted by Crippen LogP contribution is 2.23. The summed E-state index contributed by atoms with van der Waals surface area (Å²) in [6.45, 7) is 1.47. The second-order valence-electron chi connectivity index (χ2n) is 5.17. The minimum Gasteiger partial charge on any atom is -0.495 e. The number of hydrogen-bond donors (Lipinski definition) is 2. The van der Waals surface area contributed by atoms with Crippen molar-refractivity contribution in [3.63, 3.8) is 0 Å². The van der Waals surface area contributed by atoms with Gasteiger partial charge in [0.15, 0.2) is 0 Å². The molecule has 0 saturated carbocycles. The Morgan fingerprint density at radius 3 is 2.83 bits per heavy atom. The Hall–Kier alpha value is -2.87. The third kappa shape index (κ3) is 2.95. The summed E-state index contributed by atoms with van der Waals surface area (Å²) in [6.07, 6.45) is 0. The van der Waals surface area contributed by atoms with Crippen molar-refractivity contribution in [2.45, 2.75) is 13.5 Å². The van der Waals surface area contributed by atoms with Gasteiger partial charge in [-0.3, -0.25) is 19.1 Å². The van der Waals surface area contributed by atoms with Crippen LogP contribution in [0.2, 0.25) is 0 Å². The zero-order chi connectivity index (χ0) is 17.3. The molecule has 0 radical (unpaired) electrons. The maximum absolute atomic E-state index is 12.4. The number of nitrogens with one attached hydrogen (secondary N) is 2. The summed E-state index contributed by atoms with van der Waals surface area (Å²) in [6, 6.07) is 8.60. The minimum absolute atomic E-state index is 0.378. The van der Waals surface area contributed by atoms with Gasteiger partial charge in [0.1, 0.15) is 17.1 Å². The highest BCUT2D eigenvalue weighted by atomic mass is 32.1. The lowest BCUT2D eigenvalue weighted by molar-refractivity contribution is -0.116. The molecule has 124 valence electrons. The molecule has 0 saturated heterocycles. The number of nitrogens with zero attached hydrogens (tertiary/aromatic N) is 1. The van der Waals surface area contributed by atoms with Crippen molar-refractivity contribution in [3.05, 3.63) is 56.0 Å². The van der Waals surface area contributed by atoms with E-state index in [0.717, 1.165) is 9.44 Å². The van der Waals surface area contributed by atoms with Gasteiger partial charge < -0.3 is 10.1 Å². The van der Waals surface area contributed by atoms with Gasteiger partial charge in [-0.1, -0.05) is 12.1 Å². The molecule has 0 aliphatic rings. The van der Waals surface area contributed by atoms with Crippen LogP contribution in [0.15, 0.2) is 39.9 Å². The van der Waals surface area contributed by atoms with Gasteiger partial charge in [0.25, 0.3) is 5.56 Å². The van der Waals surface area contributed by atoms with E-state index in [0.29, 0.717) is 21.7 Å². The molecule has 0 aliphatic carbocycles. The third-order valence-corrected chi connectivity index (χ3v) is 4.45. The van der Waals surface area contributed by atoms with E-state index >= 15 is 0 Å². The Morgan fingerprint density at radius 1 is 1.33 bits per heavy atom. The van der Waals surface area contributed by atoms with Gasteiger partial charge in [0.2, 0.25) is 5.91 Å². The zero-order valence-electron chi connectivity index (χ0n) is 13.1. The summed E-state index contributed by atoms with van der Waals surface area (Å²) in [4.78, 5) is 40.8. The average Bonchev–Trinajstić information content (AvgIpc) is 2.92. The van der Waals surface area contributed by atoms with Crippen LogP contribution in [0, 0.1) is 6.92 Å². The molecule has 2 aromatic heterocycles. The van der Waals surface area contributed by atoms with E-state index in [1.807, 2.05) is 6.92 Å². The van der Waals surface area contributed by atoms with Gasteiger partial charge in [-0.15, -0.1) is 11.3 Å². The smallest absolute Gasteiger partial charge is 0.329 e. The van der Waals surface area contributed by atoms with E-state index in [2.05, 4.69) is 10.3 Å². The predicted octanol–water partition coefficient (Wildman–Crippen LogP) is 1.71. The number of aromatic nitrogens is 2. The second-order valence-corrected chi connectivity index (χ2v) is 6.43. The number of thiophene rings is 1. The van der Waals surface area contributed by atoms with Crippen LogP contribution in [-0.2, 0) is 11.3 Å². The Kier molecular flexibility index (Phi) is 4.22. The highest BCUT2D eigenvalue weighted by molar-refractivity contribution is 7.18. The van der Waals surface area contributed by atoms with Crippen LogP contribution in [0.4, 0.5) is 5.69 Å². The standard InChI is InChI=1S/C16H15N3O4S/c1-9-7-10-14(24-9)18-16(22)19(15(10)21)8-13(20)17-11-5-3-4-6-12(11)23-2/h3-7H,8H2,1-2H3,(H,17,20)(H,18,22). The molecule has 3 rings (SSSR count). The topological polar surface area (TPSA) is 93.2 Å². The molecule has 1 amide bonds. The van der Waals surface area contributed by atoms with Crippen molar-refractivity contribution in [1.82, 2.24) is 9.55 Å². The number of amides is 1. The molecule has 0 unspecified atom stereocenters. The lowest BCUT2D eigenvalue weighted by Crippen LogP contribution is -2.38. The number of aryl methyl sites for hydroxylation is 1. The number of ether oxygens (including phenoxy) is 1. The van der Waals surface area contributed by atoms with Crippen LogP contribution < -0.4 is 21.3 Å². The number of carbonyl (C=O) groups is 1. The van der Waals surface area contributed by atoms with Crippen molar-refractivity contribution < 1.29 is 9.53 Å². The Morgan fingerprint density at radius 2 is 2.08 bits per heavy atom. The van der Waals surface area contributed by atoms with Gasteiger partial charge in [-0.2, -0.15) is 0 Å². The van der Waals surface area contributed by atoms with E-state index in [9.17, 15) is 14.4 Å². The first kappa shape index (κ1) is 16.0. The fourth-order valence-electron chi connectivity index (χ4n) is 2.39. The highest BCUT2D eigenvalue weighted by Gasteiger charge is 2.14. The molecule has 8 heteroatoms. The fraction of sp³-hybridized carbons (Fsp3) is 0.188. The molecule has 0 aliphatic heterocycles. The van der Waals surface area contributed by atoms with E-state index in [1.165, 1.54) is 18.4 Å². The first-order valence-corrected chi connectivity index (χ1v) is 7.97. The van der Waals surface area contributed by atoms with E-state index < -0.39 is 17.2 Å². The van der Waals surface area contributed by atoms with Crippen LogP contribution in [0.3, 0.4) is 0 Å². The number of methoxy groups -OCH3 is 1. The van der Waals surface area contributed by atoms with E-state index in [-0.39, 0.29) is 6.54 Å². The van der Waals surface area contributed by atoms with E-state index in [4.69, 9.17) is 4.74 Å². The largest absolute Gasteiger partial charge is 0.495 e. The molecule has 0 spiro atoms. The summed E-state index contributed by atoms with van der Waals surface area (Å²) in [5, 5.41) is 3.05. The molecule has 0 atom stereocenters. The Bertz CT molecular complexity index is 1030. The van der Waals surface area contributed by atoms with Gasteiger partial charge in [0.05, 0.1) is 18.2 Å². The number of para-hydroxylation sites is 2. The van der Waals surface area contributed by atoms with Crippen LogP contribution >= 0.6 is 11.3 Å². The number of aromatic amines is 1. The van der Waals surface area contributed by atoms with Gasteiger partial charge in [0, 0.05) is 4.88 Å². The molecule has 2 N–H and O–H groups in total. The van der Waals surface area contributed by atoms with Crippen LogP contribution in [0.1, 0.15) is 4.88 Å². The second kappa shape index (κ2) is 6.32. The van der Waals surface area contributed by atoms with E-state index in [1.54, 1.807) is 30.3 Å². The van der Waals surface area contributed by atoms with Crippen LogP contribution in [-0.4, -0.2) is 22.6 Å². The number of hydrogen-bond acceptors (Lipinski definition) is 5. The van der Waals surface area contributed by atoms with Gasteiger partial charge >= 0.3 is 5.69 Å². The molecular weight excluding hydrogens is 330 g/mol. The van der Waals surface area contributed by atoms with Crippen LogP contribution in [0.5, 0.6) is 5.75 Å². The molecule has 1 aromatic carbocycles. The van der Waals surface area contributed by atoms with Crippen LogP contribution in [0.25, 0.3) is 10.2 Å². The number of rotatable bonds is 4. The lowest BCUT2D eigenvalue weighted by atomic mass is 10.3. The first-order valence-electron chi connectivity index (χ1n) is 7.15. The molecule has 0 bridgehead atoms. The number of anilines is 1. The number of fused-ring (bicyclic) bond motifs is 1. The van der Waals surface area contributed by atoms with Gasteiger partial charge in [-0.25, -0.2) is 4.79 Å². The molecular formula is C16H15N3O4S. The summed E-state index contributed by atoms with van der Waals surface area (Å²) in [5.74, 6) is 0.00872. The molecule has 24 heavy (non-hydrogen) atoms. The quantitative estimate of drug-likeness (QED) is 0.753. The van der Waals surface area contributed by atoms with Crippen molar-refractivity contribution >= 4 is 33.1 Å². The molecule has 3 aromatic rings. The number of carbonyl (C=O) groups excluding carboxylic acids is 1. The summed E-state index contributed by atoms with van der Waals surface area (Å²) in [7, 11) is 1.49. The summed E-state index contributed by atoms with van der Waals surface area (Å²) in [5.41, 5.74) is -0.611. The van der Waals surface area contributed by atoms with Crippen molar-refractivity contribution in [2.75, 3.05) is 12.4 Å². The lowest BCUT2D eigenvalue weighted by Gasteiger charge is -2.10. The monoisotopic (exact) mass is 345 g/mol. The minimum atomic E-state index is -0.607. The normalized spacial score (nSPS) is 10.8. The Labute approximate surface area is 140 Å². The molecule has 2 heterocycles. The predicted molar refractivity (Wildman–Crippen MR) is 93.1 cm³/mol.